The Bertz CT molecular complexity index is 436. The molecule has 0 saturated carbocycles. The topological polar surface area (TPSA) is 38.3 Å². The number of carbonyl (C=O) groups excluding carboxylic acids is 1. The molecule has 19 heavy (non-hydrogen) atoms. The largest absolute Gasteiger partial charge is 0.383 e. The van der Waals surface area contributed by atoms with Crippen LogP contribution in [0.15, 0.2) is 24.3 Å². The number of rotatable bonds is 5. The molecule has 1 amide bonds. The number of benzene rings is 1. The number of hydrogen-bond acceptors (Lipinski definition) is 2. The fourth-order valence-corrected chi connectivity index (χ4v) is 3.00. The van der Waals surface area contributed by atoms with Crippen molar-refractivity contribution in [1.82, 2.24) is 5.32 Å². The van der Waals surface area contributed by atoms with E-state index in [4.69, 9.17) is 4.74 Å². The van der Waals surface area contributed by atoms with Crippen LogP contribution in [0.2, 0.25) is 0 Å². The summed E-state index contributed by atoms with van der Waals surface area (Å²) in [5.41, 5.74) is 2.51. The number of fused-ring (bicyclic) bond motifs is 1. The molecule has 1 aromatic carbocycles. The summed E-state index contributed by atoms with van der Waals surface area (Å²) in [6, 6.07) is 8.31. The molecule has 0 saturated heterocycles. The Morgan fingerprint density at radius 1 is 1.53 bits per heavy atom. The second-order valence-electron chi connectivity index (χ2n) is 4.96. The lowest BCUT2D eigenvalue weighted by molar-refractivity contribution is -0.123. The predicted molar refractivity (Wildman–Crippen MR) is 79.7 cm³/mol. The highest BCUT2D eigenvalue weighted by molar-refractivity contribution is 9.09. The Kier molecular flexibility index (Phi) is 5.40. The number of aryl methyl sites for hydroxylation is 1. The predicted octanol–water partition coefficient (Wildman–Crippen LogP) is 2.63. The number of hydrogen-bond donors (Lipinski definition) is 1. The van der Waals surface area contributed by atoms with E-state index in [1.54, 1.807) is 7.11 Å². The number of ether oxygens (including phenoxy) is 1. The molecule has 2 rings (SSSR count). The maximum absolute atomic E-state index is 12.4. The van der Waals surface area contributed by atoms with E-state index in [0.29, 0.717) is 11.9 Å². The van der Waals surface area contributed by atoms with Crippen molar-refractivity contribution in [2.75, 3.05) is 19.0 Å². The first-order valence-electron chi connectivity index (χ1n) is 6.69. The van der Waals surface area contributed by atoms with Crippen molar-refractivity contribution < 1.29 is 9.53 Å². The van der Waals surface area contributed by atoms with E-state index in [1.165, 1.54) is 11.1 Å². The Morgan fingerprint density at radius 2 is 2.32 bits per heavy atom. The summed E-state index contributed by atoms with van der Waals surface area (Å²) in [6.07, 6.45) is 3.10. The molecular formula is C15H20BrNO2. The van der Waals surface area contributed by atoms with Gasteiger partial charge in [0.15, 0.2) is 0 Å². The molecule has 1 aliphatic carbocycles. The van der Waals surface area contributed by atoms with E-state index >= 15 is 0 Å². The number of amides is 1. The van der Waals surface area contributed by atoms with Gasteiger partial charge in [0.25, 0.3) is 0 Å². The zero-order valence-electron chi connectivity index (χ0n) is 11.2. The van der Waals surface area contributed by atoms with Gasteiger partial charge in [-0.3, -0.25) is 4.79 Å². The molecule has 1 N–H and O–H groups in total. The first kappa shape index (κ1) is 14.5. The second kappa shape index (κ2) is 7.06. The summed E-state index contributed by atoms with van der Waals surface area (Å²) < 4.78 is 5.11. The average Bonchev–Trinajstić information content (AvgIpc) is 2.46. The van der Waals surface area contributed by atoms with Crippen molar-refractivity contribution in [3.8, 4) is 0 Å². The molecule has 1 aliphatic rings. The molecule has 1 aromatic rings. The van der Waals surface area contributed by atoms with Gasteiger partial charge in [0, 0.05) is 12.4 Å². The molecule has 3 nitrogen and oxygen atoms in total. The van der Waals surface area contributed by atoms with Crippen LogP contribution in [0.1, 0.15) is 29.9 Å². The van der Waals surface area contributed by atoms with Gasteiger partial charge in [-0.2, -0.15) is 0 Å². The Balaban J connectivity index is 2.08. The summed E-state index contributed by atoms with van der Waals surface area (Å²) in [5, 5.41) is 3.78. The van der Waals surface area contributed by atoms with Crippen molar-refractivity contribution in [2.24, 2.45) is 0 Å². The van der Waals surface area contributed by atoms with Crippen LogP contribution in [-0.4, -0.2) is 31.0 Å². The smallest absolute Gasteiger partial charge is 0.227 e. The molecule has 0 aromatic heterocycles. The van der Waals surface area contributed by atoms with Gasteiger partial charge in [-0.1, -0.05) is 40.2 Å². The SMILES string of the molecule is COCC(CBr)NC(=O)C1CCCc2ccccc21. The zero-order valence-corrected chi connectivity index (χ0v) is 12.8. The van der Waals surface area contributed by atoms with Crippen LogP contribution in [-0.2, 0) is 16.0 Å². The van der Waals surface area contributed by atoms with Gasteiger partial charge < -0.3 is 10.1 Å². The zero-order chi connectivity index (χ0) is 13.7. The van der Waals surface area contributed by atoms with Gasteiger partial charge in [0.1, 0.15) is 0 Å². The lowest BCUT2D eigenvalue weighted by Crippen LogP contribution is -2.42. The molecule has 0 radical (unpaired) electrons. The van der Waals surface area contributed by atoms with E-state index in [9.17, 15) is 4.79 Å². The van der Waals surface area contributed by atoms with E-state index in [2.05, 4.69) is 33.4 Å². The molecule has 0 spiro atoms. The van der Waals surface area contributed by atoms with E-state index in [0.717, 1.165) is 19.3 Å². The van der Waals surface area contributed by atoms with Crippen LogP contribution < -0.4 is 5.32 Å². The summed E-state index contributed by atoms with van der Waals surface area (Å²) in [6.45, 7) is 0.533. The number of carbonyl (C=O) groups is 1. The van der Waals surface area contributed by atoms with Crippen molar-refractivity contribution in [2.45, 2.75) is 31.2 Å². The minimum atomic E-state index is -0.0108. The summed E-state index contributed by atoms with van der Waals surface area (Å²) in [4.78, 5) is 12.4. The average molecular weight is 326 g/mol. The van der Waals surface area contributed by atoms with E-state index in [1.807, 2.05) is 12.1 Å². The quantitative estimate of drug-likeness (QED) is 0.845. The van der Waals surface area contributed by atoms with Crippen LogP contribution in [0.4, 0.5) is 0 Å². The van der Waals surface area contributed by atoms with Crippen LogP contribution >= 0.6 is 15.9 Å². The Labute approximate surface area is 122 Å². The number of methoxy groups -OCH3 is 1. The van der Waals surface area contributed by atoms with Crippen LogP contribution in [0.25, 0.3) is 0 Å². The Morgan fingerprint density at radius 3 is 3.05 bits per heavy atom. The monoisotopic (exact) mass is 325 g/mol. The Hall–Kier alpha value is -0.870. The molecular weight excluding hydrogens is 306 g/mol. The summed E-state index contributed by atoms with van der Waals surface area (Å²) >= 11 is 3.41. The third kappa shape index (κ3) is 3.57. The van der Waals surface area contributed by atoms with E-state index in [-0.39, 0.29) is 17.9 Å². The third-order valence-electron chi connectivity index (χ3n) is 3.59. The van der Waals surface area contributed by atoms with Crippen LogP contribution in [0.5, 0.6) is 0 Å². The first-order valence-corrected chi connectivity index (χ1v) is 7.81. The summed E-state index contributed by atoms with van der Waals surface area (Å²) in [5.74, 6) is 0.108. The standard InChI is InChI=1S/C15H20BrNO2/c1-19-10-12(9-16)17-15(18)14-8-4-6-11-5-2-3-7-13(11)14/h2-3,5,7,12,14H,4,6,8-10H2,1H3,(H,17,18). The molecule has 4 heteroatoms. The highest BCUT2D eigenvalue weighted by atomic mass is 79.9. The molecule has 0 bridgehead atoms. The minimum Gasteiger partial charge on any atom is -0.383 e. The number of alkyl halides is 1. The maximum atomic E-state index is 12.4. The third-order valence-corrected chi connectivity index (χ3v) is 4.37. The fraction of sp³-hybridized carbons (Fsp3) is 0.533. The minimum absolute atomic E-state index is 0.0108. The highest BCUT2D eigenvalue weighted by Gasteiger charge is 2.27. The molecule has 2 atom stereocenters. The first-order chi connectivity index (χ1) is 9.26. The fourth-order valence-electron chi connectivity index (χ4n) is 2.65. The number of nitrogens with one attached hydrogen (secondary N) is 1. The molecule has 0 aliphatic heterocycles. The van der Waals surface area contributed by atoms with Crippen LogP contribution in [0.3, 0.4) is 0 Å². The van der Waals surface area contributed by atoms with Gasteiger partial charge >= 0.3 is 0 Å². The molecule has 2 unspecified atom stereocenters. The number of halogens is 1. The molecule has 104 valence electrons. The van der Waals surface area contributed by atoms with Gasteiger partial charge in [-0.05, 0) is 30.4 Å². The van der Waals surface area contributed by atoms with Crippen molar-refractivity contribution >= 4 is 21.8 Å². The van der Waals surface area contributed by atoms with Crippen LogP contribution in [0, 0.1) is 0 Å². The van der Waals surface area contributed by atoms with Gasteiger partial charge in [-0.25, -0.2) is 0 Å². The van der Waals surface area contributed by atoms with Gasteiger partial charge in [0.05, 0.1) is 18.6 Å². The van der Waals surface area contributed by atoms with Crippen molar-refractivity contribution in [3.05, 3.63) is 35.4 Å². The summed E-state index contributed by atoms with van der Waals surface area (Å²) in [7, 11) is 1.65. The van der Waals surface area contributed by atoms with Crippen molar-refractivity contribution in [3.63, 3.8) is 0 Å². The van der Waals surface area contributed by atoms with Crippen molar-refractivity contribution in [1.29, 1.82) is 0 Å². The highest BCUT2D eigenvalue weighted by Crippen LogP contribution is 2.31. The lowest BCUT2D eigenvalue weighted by atomic mass is 9.82. The van der Waals surface area contributed by atoms with Gasteiger partial charge in [-0.15, -0.1) is 0 Å². The molecule has 0 fully saturated rings. The van der Waals surface area contributed by atoms with E-state index < -0.39 is 0 Å². The second-order valence-corrected chi connectivity index (χ2v) is 5.61. The normalized spacial score (nSPS) is 19.6. The van der Waals surface area contributed by atoms with Gasteiger partial charge in [0.2, 0.25) is 5.91 Å². The molecule has 0 heterocycles. The lowest BCUT2D eigenvalue weighted by Gasteiger charge is -2.26. The maximum Gasteiger partial charge on any atom is 0.227 e.